The van der Waals surface area contributed by atoms with Crippen LogP contribution in [-0.4, -0.2) is 13.7 Å². The van der Waals surface area contributed by atoms with Crippen LogP contribution in [0.4, 0.5) is 0 Å². The molecule has 0 bridgehead atoms. The predicted octanol–water partition coefficient (Wildman–Crippen LogP) is 2.23. The molecule has 3 nitrogen and oxygen atoms in total. The molecule has 17 heavy (non-hydrogen) atoms. The fraction of sp³-hybridized carbons (Fsp3) is 0.231. The molecule has 0 heterocycles. The van der Waals surface area contributed by atoms with Crippen LogP contribution in [0.1, 0.15) is 11.6 Å². The summed E-state index contributed by atoms with van der Waals surface area (Å²) >= 11 is 0. The fourth-order valence-electron chi connectivity index (χ4n) is 1.74. The zero-order valence-corrected chi connectivity index (χ0v) is 10.5. The van der Waals surface area contributed by atoms with Gasteiger partial charge < -0.3 is 16.2 Å². The molecule has 0 spiro atoms. The van der Waals surface area contributed by atoms with Crippen LogP contribution in [-0.2, 0) is 0 Å². The third kappa shape index (κ3) is 2.88. The molecule has 0 saturated carbocycles. The predicted molar refractivity (Wildman–Crippen MR) is 73.7 cm³/mol. The second kappa shape index (κ2) is 5.87. The minimum absolute atomic E-state index is 0. The molecule has 0 aliphatic rings. The van der Waals surface area contributed by atoms with Crippen LogP contribution in [0.15, 0.2) is 36.4 Å². The number of hydrogen-bond acceptors (Lipinski definition) is 3. The highest BCUT2D eigenvalue weighted by Crippen LogP contribution is 2.23. The van der Waals surface area contributed by atoms with Crippen molar-refractivity contribution in [1.29, 1.82) is 0 Å². The molecule has 92 valence electrons. The molecule has 0 amide bonds. The molecule has 0 radical (unpaired) electrons. The van der Waals surface area contributed by atoms with Gasteiger partial charge in [-0.05, 0) is 34.5 Å². The SMILES string of the molecule is COc1ccc2cc([C@@H](N)CN)ccc2c1.Cl. The smallest absolute Gasteiger partial charge is 0.119 e. The summed E-state index contributed by atoms with van der Waals surface area (Å²) in [6, 6.07) is 12.0. The van der Waals surface area contributed by atoms with Gasteiger partial charge in [-0.25, -0.2) is 0 Å². The van der Waals surface area contributed by atoms with Gasteiger partial charge in [0.1, 0.15) is 5.75 Å². The first-order valence-electron chi connectivity index (χ1n) is 5.28. The zero-order valence-electron chi connectivity index (χ0n) is 9.72. The molecule has 2 aromatic carbocycles. The van der Waals surface area contributed by atoms with Crippen molar-refractivity contribution in [3.63, 3.8) is 0 Å². The van der Waals surface area contributed by atoms with E-state index in [1.54, 1.807) is 7.11 Å². The van der Waals surface area contributed by atoms with Crippen molar-refractivity contribution in [3.8, 4) is 5.75 Å². The van der Waals surface area contributed by atoms with Crippen LogP contribution in [0.5, 0.6) is 5.75 Å². The number of ether oxygens (including phenoxy) is 1. The van der Waals surface area contributed by atoms with Gasteiger partial charge in [-0.1, -0.05) is 18.2 Å². The van der Waals surface area contributed by atoms with Crippen molar-refractivity contribution < 1.29 is 4.74 Å². The van der Waals surface area contributed by atoms with E-state index in [2.05, 4.69) is 6.07 Å². The van der Waals surface area contributed by atoms with Crippen molar-refractivity contribution in [1.82, 2.24) is 0 Å². The average molecular weight is 253 g/mol. The molecular formula is C13H17ClN2O. The van der Waals surface area contributed by atoms with E-state index in [0.29, 0.717) is 6.54 Å². The first-order chi connectivity index (χ1) is 7.74. The minimum atomic E-state index is -0.0912. The van der Waals surface area contributed by atoms with Crippen molar-refractivity contribution in [2.45, 2.75) is 6.04 Å². The largest absolute Gasteiger partial charge is 0.497 e. The Labute approximate surface area is 107 Å². The van der Waals surface area contributed by atoms with E-state index in [9.17, 15) is 0 Å². The summed E-state index contributed by atoms with van der Waals surface area (Å²) in [6.45, 7) is 0.460. The Morgan fingerprint density at radius 2 is 1.76 bits per heavy atom. The maximum absolute atomic E-state index is 5.89. The minimum Gasteiger partial charge on any atom is -0.497 e. The van der Waals surface area contributed by atoms with Gasteiger partial charge in [-0.15, -0.1) is 12.4 Å². The monoisotopic (exact) mass is 252 g/mol. The van der Waals surface area contributed by atoms with Gasteiger partial charge in [0.15, 0.2) is 0 Å². The Morgan fingerprint density at radius 3 is 2.41 bits per heavy atom. The summed E-state index contributed by atoms with van der Waals surface area (Å²) in [5.41, 5.74) is 12.5. The molecule has 4 heteroatoms. The third-order valence-electron chi connectivity index (χ3n) is 2.75. The van der Waals surface area contributed by atoms with Gasteiger partial charge >= 0.3 is 0 Å². The summed E-state index contributed by atoms with van der Waals surface area (Å²) in [7, 11) is 1.67. The van der Waals surface area contributed by atoms with Gasteiger partial charge in [0.05, 0.1) is 7.11 Å². The summed E-state index contributed by atoms with van der Waals surface area (Å²) in [4.78, 5) is 0. The highest BCUT2D eigenvalue weighted by atomic mass is 35.5. The van der Waals surface area contributed by atoms with Crippen molar-refractivity contribution >= 4 is 23.2 Å². The van der Waals surface area contributed by atoms with Crippen LogP contribution in [0, 0.1) is 0 Å². The van der Waals surface area contributed by atoms with E-state index >= 15 is 0 Å². The number of rotatable bonds is 3. The van der Waals surface area contributed by atoms with E-state index in [4.69, 9.17) is 16.2 Å². The molecule has 4 N–H and O–H groups in total. The maximum Gasteiger partial charge on any atom is 0.119 e. The van der Waals surface area contributed by atoms with Crippen molar-refractivity contribution in [2.24, 2.45) is 11.5 Å². The molecule has 2 rings (SSSR count). The molecule has 0 aliphatic heterocycles. The quantitative estimate of drug-likeness (QED) is 0.881. The number of hydrogen-bond donors (Lipinski definition) is 2. The summed E-state index contributed by atoms with van der Waals surface area (Å²) in [5, 5.41) is 2.30. The Kier molecular flexibility index (Phi) is 4.75. The van der Waals surface area contributed by atoms with Crippen LogP contribution < -0.4 is 16.2 Å². The third-order valence-corrected chi connectivity index (χ3v) is 2.75. The summed E-state index contributed by atoms with van der Waals surface area (Å²) < 4.78 is 5.18. The second-order valence-corrected chi connectivity index (χ2v) is 3.81. The van der Waals surface area contributed by atoms with E-state index in [0.717, 1.165) is 22.1 Å². The van der Waals surface area contributed by atoms with Gasteiger partial charge in [0.25, 0.3) is 0 Å². The van der Waals surface area contributed by atoms with Crippen LogP contribution >= 0.6 is 12.4 Å². The Bertz CT molecular complexity index is 502. The van der Waals surface area contributed by atoms with E-state index < -0.39 is 0 Å². The first kappa shape index (κ1) is 13.8. The molecule has 1 atom stereocenters. The van der Waals surface area contributed by atoms with E-state index in [1.165, 1.54) is 0 Å². The molecule has 0 aromatic heterocycles. The highest BCUT2D eigenvalue weighted by molar-refractivity contribution is 5.85. The lowest BCUT2D eigenvalue weighted by Crippen LogP contribution is -2.20. The zero-order chi connectivity index (χ0) is 11.5. The highest BCUT2D eigenvalue weighted by Gasteiger charge is 2.04. The topological polar surface area (TPSA) is 61.3 Å². The average Bonchev–Trinajstić information content (AvgIpc) is 2.36. The van der Waals surface area contributed by atoms with Crippen LogP contribution in [0.3, 0.4) is 0 Å². The standard InChI is InChI=1S/C13H16N2O.ClH/c1-16-12-5-4-9-6-11(13(15)8-14)3-2-10(9)7-12;/h2-7,13H,8,14-15H2,1H3;1H/t13-;/m0./s1. The number of nitrogens with two attached hydrogens (primary N) is 2. The lowest BCUT2D eigenvalue weighted by atomic mass is 10.0. The molecule has 0 aliphatic carbocycles. The fourth-order valence-corrected chi connectivity index (χ4v) is 1.74. The van der Waals surface area contributed by atoms with Gasteiger partial charge in [0, 0.05) is 12.6 Å². The molecule has 2 aromatic rings. The van der Waals surface area contributed by atoms with Crippen LogP contribution in [0.2, 0.25) is 0 Å². The van der Waals surface area contributed by atoms with Gasteiger partial charge in [-0.3, -0.25) is 0 Å². The molecule has 0 fully saturated rings. The molecule has 0 saturated heterocycles. The lowest BCUT2D eigenvalue weighted by molar-refractivity contribution is 0.415. The van der Waals surface area contributed by atoms with Crippen molar-refractivity contribution in [2.75, 3.05) is 13.7 Å². The summed E-state index contributed by atoms with van der Waals surface area (Å²) in [6.07, 6.45) is 0. The second-order valence-electron chi connectivity index (χ2n) is 3.81. The first-order valence-corrected chi connectivity index (χ1v) is 5.28. The number of fused-ring (bicyclic) bond motifs is 1. The van der Waals surface area contributed by atoms with Gasteiger partial charge in [-0.2, -0.15) is 0 Å². The van der Waals surface area contributed by atoms with E-state index in [1.807, 2.05) is 30.3 Å². The Morgan fingerprint density at radius 1 is 1.12 bits per heavy atom. The number of methoxy groups -OCH3 is 1. The Balaban J connectivity index is 0.00000144. The number of benzene rings is 2. The summed E-state index contributed by atoms with van der Waals surface area (Å²) in [5.74, 6) is 0.864. The van der Waals surface area contributed by atoms with E-state index in [-0.39, 0.29) is 18.4 Å². The Hall–Kier alpha value is -1.29. The maximum atomic E-state index is 5.89. The normalized spacial score (nSPS) is 11.9. The van der Waals surface area contributed by atoms with Gasteiger partial charge in [0.2, 0.25) is 0 Å². The lowest BCUT2D eigenvalue weighted by Gasteiger charge is -2.10. The number of halogens is 1. The van der Waals surface area contributed by atoms with Crippen LogP contribution in [0.25, 0.3) is 10.8 Å². The molecular weight excluding hydrogens is 236 g/mol. The van der Waals surface area contributed by atoms with Crippen molar-refractivity contribution in [3.05, 3.63) is 42.0 Å². The molecule has 0 unspecified atom stereocenters.